The van der Waals surface area contributed by atoms with E-state index in [2.05, 4.69) is 0 Å². The van der Waals surface area contributed by atoms with Gasteiger partial charge in [0.1, 0.15) is 0 Å². The molecular weight excluding hydrogens is 262 g/mol. The number of nitrogens with zero attached hydrogens (tertiary/aromatic N) is 2. The summed E-state index contributed by atoms with van der Waals surface area (Å²) in [5.74, 6) is 0.141. The Morgan fingerprint density at radius 3 is 2.89 bits per heavy atom. The average molecular weight is 279 g/mol. The molecule has 1 aliphatic heterocycles. The third kappa shape index (κ3) is 2.63. The van der Waals surface area contributed by atoms with Crippen molar-refractivity contribution in [3.05, 3.63) is 29.8 Å². The minimum atomic E-state index is -3.62. The molecule has 0 aliphatic carbocycles. The zero-order valence-corrected chi connectivity index (χ0v) is 11.6. The molecule has 0 saturated carbocycles. The Balaban J connectivity index is 2.39. The van der Waals surface area contributed by atoms with Gasteiger partial charge in [-0.3, -0.25) is 0 Å². The molecule has 6 heteroatoms. The van der Waals surface area contributed by atoms with Crippen LogP contribution in [0.25, 0.3) is 0 Å². The van der Waals surface area contributed by atoms with E-state index in [9.17, 15) is 8.42 Å². The molecule has 1 aromatic carbocycles. The summed E-state index contributed by atoms with van der Waals surface area (Å²) in [6.07, 6.45) is 1.25. The van der Waals surface area contributed by atoms with Crippen molar-refractivity contribution >= 4 is 10.0 Å². The van der Waals surface area contributed by atoms with Gasteiger partial charge in [-0.1, -0.05) is 13.0 Å². The molecule has 0 bridgehead atoms. The highest BCUT2D eigenvalue weighted by atomic mass is 32.2. The van der Waals surface area contributed by atoms with E-state index in [1.54, 1.807) is 12.1 Å². The monoisotopic (exact) mass is 279 g/mol. The Morgan fingerprint density at radius 2 is 2.21 bits per heavy atom. The summed E-state index contributed by atoms with van der Waals surface area (Å²) in [6.45, 7) is 2.39. The van der Waals surface area contributed by atoms with E-state index in [4.69, 9.17) is 11.0 Å². The van der Waals surface area contributed by atoms with E-state index in [1.165, 1.54) is 16.4 Å². The van der Waals surface area contributed by atoms with Crippen molar-refractivity contribution in [2.75, 3.05) is 6.54 Å². The molecule has 1 aromatic rings. The predicted octanol–water partition coefficient (Wildman–Crippen LogP) is 1.26. The molecular formula is C13H17N3O2S. The highest BCUT2D eigenvalue weighted by Gasteiger charge is 2.34. The van der Waals surface area contributed by atoms with Crippen molar-refractivity contribution in [2.45, 2.75) is 30.8 Å². The number of nitrogens with two attached hydrogens (primary N) is 1. The van der Waals surface area contributed by atoms with Crippen LogP contribution in [0, 0.1) is 17.2 Å². The fourth-order valence-electron chi connectivity index (χ4n) is 2.31. The van der Waals surface area contributed by atoms with E-state index in [0.717, 1.165) is 12.8 Å². The Labute approximate surface area is 113 Å². The van der Waals surface area contributed by atoms with Gasteiger partial charge in [0.15, 0.2) is 0 Å². The first-order valence-electron chi connectivity index (χ1n) is 6.24. The maximum atomic E-state index is 12.5. The summed E-state index contributed by atoms with van der Waals surface area (Å²) in [5.41, 5.74) is 6.33. The van der Waals surface area contributed by atoms with Gasteiger partial charge >= 0.3 is 0 Å². The summed E-state index contributed by atoms with van der Waals surface area (Å²) in [6, 6.07) is 8.00. The number of sulfonamides is 1. The lowest BCUT2D eigenvalue weighted by molar-refractivity contribution is 0.192. The molecule has 1 saturated heterocycles. The minimum Gasteiger partial charge on any atom is -0.315 e. The van der Waals surface area contributed by atoms with Crippen LogP contribution in [0.4, 0.5) is 0 Å². The molecule has 5 nitrogen and oxygen atoms in total. The van der Waals surface area contributed by atoms with Crippen molar-refractivity contribution < 1.29 is 8.42 Å². The van der Waals surface area contributed by atoms with Crippen molar-refractivity contribution in [2.24, 2.45) is 11.7 Å². The molecule has 102 valence electrons. The van der Waals surface area contributed by atoms with Crippen LogP contribution in [0.5, 0.6) is 0 Å². The number of hydrogen-bond acceptors (Lipinski definition) is 4. The summed E-state index contributed by atoms with van der Waals surface area (Å²) in [5, 5.41) is 8.85. The van der Waals surface area contributed by atoms with Gasteiger partial charge in [0.05, 0.1) is 22.7 Å². The molecule has 2 unspecified atom stereocenters. The molecule has 0 amide bonds. The minimum absolute atomic E-state index is 0.135. The quantitative estimate of drug-likeness (QED) is 0.883. The zero-order valence-electron chi connectivity index (χ0n) is 10.8. The SMILES string of the molecule is CC1CCCN(S(=O)(=O)c2cccc(C#N)c2)C1N. The van der Waals surface area contributed by atoms with Gasteiger partial charge in [-0.25, -0.2) is 8.42 Å². The van der Waals surface area contributed by atoms with Crippen molar-refractivity contribution in [1.29, 1.82) is 5.26 Å². The van der Waals surface area contributed by atoms with Crippen LogP contribution in [0.2, 0.25) is 0 Å². The molecule has 1 aliphatic rings. The van der Waals surface area contributed by atoms with Crippen molar-refractivity contribution in [3.8, 4) is 6.07 Å². The van der Waals surface area contributed by atoms with Gasteiger partial charge in [-0.15, -0.1) is 0 Å². The number of hydrogen-bond donors (Lipinski definition) is 1. The molecule has 0 spiro atoms. The molecule has 0 aromatic heterocycles. The van der Waals surface area contributed by atoms with Gasteiger partial charge in [0.25, 0.3) is 0 Å². The largest absolute Gasteiger partial charge is 0.315 e. The predicted molar refractivity (Wildman–Crippen MR) is 71.4 cm³/mol. The second-order valence-corrected chi connectivity index (χ2v) is 6.76. The molecule has 2 atom stereocenters. The first-order chi connectivity index (χ1) is 8.96. The van der Waals surface area contributed by atoms with Crippen molar-refractivity contribution in [1.82, 2.24) is 4.31 Å². The van der Waals surface area contributed by atoms with Crippen LogP contribution >= 0.6 is 0 Å². The fraction of sp³-hybridized carbons (Fsp3) is 0.462. The van der Waals surface area contributed by atoms with Crippen LogP contribution in [0.1, 0.15) is 25.3 Å². The third-order valence-electron chi connectivity index (χ3n) is 3.52. The second-order valence-electron chi connectivity index (χ2n) is 4.87. The number of rotatable bonds is 2. The molecule has 0 radical (unpaired) electrons. The van der Waals surface area contributed by atoms with Gasteiger partial charge in [0, 0.05) is 6.54 Å². The Morgan fingerprint density at radius 1 is 1.47 bits per heavy atom. The standard InChI is InChI=1S/C13H17N3O2S/c1-10-4-3-7-16(13(10)15)19(17,18)12-6-2-5-11(8-12)9-14/h2,5-6,8,10,13H,3-4,7,15H2,1H3. The van der Waals surface area contributed by atoms with Crippen LogP contribution in [-0.2, 0) is 10.0 Å². The molecule has 2 rings (SSSR count). The Kier molecular flexibility index (Phi) is 3.90. The van der Waals surface area contributed by atoms with E-state index in [0.29, 0.717) is 12.1 Å². The molecule has 19 heavy (non-hydrogen) atoms. The van der Waals surface area contributed by atoms with E-state index in [-0.39, 0.29) is 10.8 Å². The summed E-state index contributed by atoms with van der Waals surface area (Å²) < 4.78 is 26.4. The summed E-state index contributed by atoms with van der Waals surface area (Å²) in [4.78, 5) is 0.135. The van der Waals surface area contributed by atoms with Gasteiger partial charge in [-0.05, 0) is 37.0 Å². The molecule has 1 fully saturated rings. The van der Waals surface area contributed by atoms with E-state index in [1.807, 2.05) is 13.0 Å². The smallest absolute Gasteiger partial charge is 0.244 e. The lowest BCUT2D eigenvalue weighted by Crippen LogP contribution is -2.52. The third-order valence-corrected chi connectivity index (χ3v) is 5.42. The molecule has 1 heterocycles. The topological polar surface area (TPSA) is 87.2 Å². The zero-order chi connectivity index (χ0) is 14.0. The number of piperidine rings is 1. The Hall–Kier alpha value is -1.42. The summed E-state index contributed by atoms with van der Waals surface area (Å²) >= 11 is 0. The first kappa shape index (κ1) is 14.0. The lowest BCUT2D eigenvalue weighted by atomic mass is 9.99. The molecule has 2 N–H and O–H groups in total. The normalized spacial score (nSPS) is 24.9. The van der Waals surface area contributed by atoms with Crippen LogP contribution in [0.3, 0.4) is 0 Å². The summed E-state index contributed by atoms with van der Waals surface area (Å²) in [7, 11) is -3.62. The van der Waals surface area contributed by atoms with Gasteiger partial charge < -0.3 is 5.73 Å². The fourth-order valence-corrected chi connectivity index (χ4v) is 4.01. The number of benzene rings is 1. The highest BCUT2D eigenvalue weighted by Crippen LogP contribution is 2.26. The maximum absolute atomic E-state index is 12.5. The Bertz CT molecular complexity index is 607. The highest BCUT2D eigenvalue weighted by molar-refractivity contribution is 7.89. The van der Waals surface area contributed by atoms with Gasteiger partial charge in [0.2, 0.25) is 10.0 Å². The second kappa shape index (κ2) is 5.29. The van der Waals surface area contributed by atoms with Gasteiger partial charge in [-0.2, -0.15) is 9.57 Å². The maximum Gasteiger partial charge on any atom is 0.244 e. The van der Waals surface area contributed by atoms with E-state index < -0.39 is 16.2 Å². The lowest BCUT2D eigenvalue weighted by Gasteiger charge is -2.36. The average Bonchev–Trinajstić information content (AvgIpc) is 2.41. The van der Waals surface area contributed by atoms with Crippen LogP contribution < -0.4 is 5.73 Å². The van der Waals surface area contributed by atoms with E-state index >= 15 is 0 Å². The van der Waals surface area contributed by atoms with Crippen LogP contribution in [0.15, 0.2) is 29.2 Å². The number of nitriles is 1. The van der Waals surface area contributed by atoms with Crippen molar-refractivity contribution in [3.63, 3.8) is 0 Å². The first-order valence-corrected chi connectivity index (χ1v) is 7.68. The van der Waals surface area contributed by atoms with Crippen LogP contribution in [-0.4, -0.2) is 25.4 Å².